The van der Waals surface area contributed by atoms with Crippen molar-refractivity contribution in [3.8, 4) is 5.75 Å². The van der Waals surface area contributed by atoms with E-state index in [9.17, 15) is 9.59 Å². The zero-order valence-electron chi connectivity index (χ0n) is 12.6. The normalized spacial score (nSPS) is 18.0. The predicted molar refractivity (Wildman–Crippen MR) is 80.2 cm³/mol. The van der Waals surface area contributed by atoms with E-state index in [-0.39, 0.29) is 18.0 Å². The molecule has 1 aromatic rings. The predicted octanol–water partition coefficient (Wildman–Crippen LogP) is 2.48. The van der Waals surface area contributed by atoms with E-state index >= 15 is 0 Å². The van der Waals surface area contributed by atoms with Crippen LogP contribution in [0.25, 0.3) is 0 Å². The third-order valence-electron chi connectivity index (χ3n) is 3.47. The Morgan fingerprint density at radius 2 is 2.14 bits per heavy atom. The second-order valence-corrected chi connectivity index (χ2v) is 5.30. The summed E-state index contributed by atoms with van der Waals surface area (Å²) in [7, 11) is 0. The third kappa shape index (κ3) is 3.97. The number of nitrogens with one attached hydrogen (secondary N) is 1. The van der Waals surface area contributed by atoms with Crippen LogP contribution in [0.1, 0.15) is 31.7 Å². The van der Waals surface area contributed by atoms with Gasteiger partial charge in [0.15, 0.2) is 0 Å². The highest BCUT2D eigenvalue weighted by atomic mass is 16.5. The van der Waals surface area contributed by atoms with Crippen LogP contribution in [0.4, 0.5) is 4.79 Å². The van der Waals surface area contributed by atoms with Gasteiger partial charge in [0, 0.05) is 6.54 Å². The quantitative estimate of drug-likeness (QED) is 0.620. The van der Waals surface area contributed by atoms with Gasteiger partial charge >= 0.3 is 6.03 Å². The summed E-state index contributed by atoms with van der Waals surface area (Å²) in [5.41, 5.74) is 1.14. The summed E-state index contributed by atoms with van der Waals surface area (Å²) in [6, 6.07) is 7.18. The number of hydrogen-bond acceptors (Lipinski definition) is 3. The molecule has 3 amide bonds. The lowest BCUT2D eigenvalue weighted by Gasteiger charge is -2.13. The van der Waals surface area contributed by atoms with Gasteiger partial charge in [0.05, 0.1) is 6.61 Å². The van der Waals surface area contributed by atoms with Crippen molar-refractivity contribution in [2.24, 2.45) is 0 Å². The molecule has 0 saturated carbocycles. The first-order valence-electron chi connectivity index (χ1n) is 7.43. The summed E-state index contributed by atoms with van der Waals surface area (Å²) in [4.78, 5) is 25.0. The minimum Gasteiger partial charge on any atom is -0.494 e. The molecule has 1 aliphatic rings. The number of nitrogens with zero attached hydrogens (tertiary/aromatic N) is 1. The van der Waals surface area contributed by atoms with Gasteiger partial charge in [-0.15, -0.1) is 0 Å². The summed E-state index contributed by atoms with van der Waals surface area (Å²) < 4.78 is 5.62. The number of ether oxygens (including phenoxy) is 1. The van der Waals surface area contributed by atoms with Gasteiger partial charge in [0.1, 0.15) is 11.8 Å². The monoisotopic (exact) mass is 290 g/mol. The molecule has 21 heavy (non-hydrogen) atoms. The molecule has 0 spiro atoms. The Balaban J connectivity index is 1.76. The fourth-order valence-electron chi connectivity index (χ4n) is 2.39. The molecule has 0 aromatic heterocycles. The summed E-state index contributed by atoms with van der Waals surface area (Å²) in [6.07, 6.45) is 2.20. The lowest BCUT2D eigenvalue weighted by atomic mass is 10.2. The molecule has 0 bridgehead atoms. The number of urea groups is 1. The first-order chi connectivity index (χ1) is 10.1. The SMILES string of the molecule is CCC[C@H]1NC(=O)N(CCCOc2cccc(C)c2)C1=O. The minimum absolute atomic E-state index is 0.114. The highest BCUT2D eigenvalue weighted by Gasteiger charge is 2.36. The molecule has 5 heteroatoms. The maximum absolute atomic E-state index is 12.0. The largest absolute Gasteiger partial charge is 0.494 e. The minimum atomic E-state index is -0.347. The zero-order chi connectivity index (χ0) is 15.2. The Bertz CT molecular complexity index is 516. The van der Waals surface area contributed by atoms with E-state index in [1.165, 1.54) is 4.90 Å². The number of benzene rings is 1. The molecule has 114 valence electrons. The lowest BCUT2D eigenvalue weighted by Crippen LogP contribution is -2.33. The van der Waals surface area contributed by atoms with E-state index in [4.69, 9.17) is 4.74 Å². The number of carbonyl (C=O) groups is 2. The van der Waals surface area contributed by atoms with Crippen LogP contribution >= 0.6 is 0 Å². The highest BCUT2D eigenvalue weighted by molar-refractivity contribution is 6.04. The zero-order valence-corrected chi connectivity index (χ0v) is 12.6. The van der Waals surface area contributed by atoms with Crippen molar-refractivity contribution in [2.45, 2.75) is 39.2 Å². The Hall–Kier alpha value is -2.04. The van der Waals surface area contributed by atoms with Crippen LogP contribution in [-0.2, 0) is 4.79 Å². The van der Waals surface area contributed by atoms with E-state index in [0.29, 0.717) is 26.0 Å². The van der Waals surface area contributed by atoms with Crippen molar-refractivity contribution in [2.75, 3.05) is 13.2 Å². The van der Waals surface area contributed by atoms with Crippen molar-refractivity contribution in [3.63, 3.8) is 0 Å². The highest BCUT2D eigenvalue weighted by Crippen LogP contribution is 2.14. The van der Waals surface area contributed by atoms with Gasteiger partial charge in [-0.25, -0.2) is 4.79 Å². The van der Waals surface area contributed by atoms with Crippen LogP contribution in [0.2, 0.25) is 0 Å². The Morgan fingerprint density at radius 3 is 2.86 bits per heavy atom. The van der Waals surface area contributed by atoms with E-state index in [1.54, 1.807) is 0 Å². The van der Waals surface area contributed by atoms with Crippen LogP contribution in [0.5, 0.6) is 5.75 Å². The first-order valence-corrected chi connectivity index (χ1v) is 7.43. The Kier molecular flexibility index (Phi) is 5.20. The van der Waals surface area contributed by atoms with Crippen LogP contribution in [-0.4, -0.2) is 36.0 Å². The van der Waals surface area contributed by atoms with E-state index < -0.39 is 0 Å². The molecular weight excluding hydrogens is 268 g/mol. The standard InChI is InChI=1S/C16H22N2O3/c1-3-6-14-15(19)18(16(20)17-14)9-5-10-21-13-8-4-7-12(2)11-13/h4,7-8,11,14H,3,5-6,9-10H2,1-2H3,(H,17,20)/t14-/m1/s1. The molecule has 0 radical (unpaired) electrons. The maximum atomic E-state index is 12.0. The van der Waals surface area contributed by atoms with Gasteiger partial charge in [-0.05, 0) is 37.5 Å². The number of amides is 3. The Morgan fingerprint density at radius 1 is 1.33 bits per heavy atom. The van der Waals surface area contributed by atoms with Crippen molar-refractivity contribution in [1.29, 1.82) is 0 Å². The van der Waals surface area contributed by atoms with Gasteiger partial charge in [0.25, 0.3) is 5.91 Å². The molecule has 2 rings (SSSR count). The fourth-order valence-corrected chi connectivity index (χ4v) is 2.39. The lowest BCUT2D eigenvalue weighted by molar-refractivity contribution is -0.127. The molecule has 1 fully saturated rings. The molecule has 1 heterocycles. The summed E-state index contributed by atoms with van der Waals surface area (Å²) in [5, 5.41) is 2.72. The molecule has 1 atom stereocenters. The fraction of sp³-hybridized carbons (Fsp3) is 0.500. The number of hydrogen-bond donors (Lipinski definition) is 1. The molecule has 1 aliphatic heterocycles. The average molecular weight is 290 g/mol. The van der Waals surface area contributed by atoms with Crippen molar-refractivity contribution in [1.82, 2.24) is 10.2 Å². The van der Waals surface area contributed by atoms with E-state index in [2.05, 4.69) is 5.32 Å². The Labute approximate surface area is 125 Å². The van der Waals surface area contributed by atoms with Crippen LogP contribution in [0.3, 0.4) is 0 Å². The van der Waals surface area contributed by atoms with Gasteiger partial charge in [0.2, 0.25) is 0 Å². The number of rotatable bonds is 7. The number of carbonyl (C=O) groups excluding carboxylic acids is 2. The van der Waals surface area contributed by atoms with Crippen molar-refractivity contribution >= 4 is 11.9 Å². The molecule has 1 N–H and O–H groups in total. The summed E-state index contributed by atoms with van der Waals surface area (Å²) in [5.74, 6) is 0.702. The number of imide groups is 1. The van der Waals surface area contributed by atoms with Crippen LogP contribution in [0, 0.1) is 6.92 Å². The van der Waals surface area contributed by atoms with Gasteiger partial charge < -0.3 is 10.1 Å². The molecule has 5 nitrogen and oxygen atoms in total. The van der Waals surface area contributed by atoms with Gasteiger partial charge in [-0.1, -0.05) is 25.5 Å². The first kappa shape index (κ1) is 15.4. The topological polar surface area (TPSA) is 58.6 Å². The molecule has 0 aliphatic carbocycles. The molecule has 0 unspecified atom stereocenters. The van der Waals surface area contributed by atoms with Crippen molar-refractivity contribution < 1.29 is 14.3 Å². The second kappa shape index (κ2) is 7.11. The third-order valence-corrected chi connectivity index (χ3v) is 3.47. The van der Waals surface area contributed by atoms with E-state index in [1.807, 2.05) is 38.1 Å². The summed E-state index contributed by atoms with van der Waals surface area (Å²) in [6.45, 7) is 4.89. The molecule has 1 aromatic carbocycles. The summed E-state index contributed by atoms with van der Waals surface area (Å²) >= 11 is 0. The molecule has 1 saturated heterocycles. The molecular formula is C16H22N2O3. The van der Waals surface area contributed by atoms with Crippen molar-refractivity contribution in [3.05, 3.63) is 29.8 Å². The van der Waals surface area contributed by atoms with Gasteiger partial charge in [-0.2, -0.15) is 0 Å². The van der Waals surface area contributed by atoms with Gasteiger partial charge in [-0.3, -0.25) is 9.69 Å². The second-order valence-electron chi connectivity index (χ2n) is 5.30. The van der Waals surface area contributed by atoms with Crippen LogP contribution < -0.4 is 10.1 Å². The van der Waals surface area contributed by atoms with E-state index in [0.717, 1.165) is 17.7 Å². The van der Waals surface area contributed by atoms with Crippen LogP contribution in [0.15, 0.2) is 24.3 Å². The smallest absolute Gasteiger partial charge is 0.324 e. The average Bonchev–Trinajstić information content (AvgIpc) is 2.71. The maximum Gasteiger partial charge on any atom is 0.324 e. The number of aryl methyl sites for hydroxylation is 1.